The number of fused-ring (bicyclic) bond motifs is 1. The number of amides is 1. The molecule has 0 spiro atoms. The van der Waals surface area contributed by atoms with Gasteiger partial charge in [-0.1, -0.05) is 48.5 Å². The van der Waals surface area contributed by atoms with E-state index in [1.54, 1.807) is 12.3 Å². The molecule has 6 nitrogen and oxygen atoms in total. The first-order chi connectivity index (χ1) is 17.0. The highest BCUT2D eigenvalue weighted by Gasteiger charge is 2.20. The summed E-state index contributed by atoms with van der Waals surface area (Å²) >= 11 is 6.69. The lowest BCUT2D eigenvalue weighted by molar-refractivity contribution is -0.111. The van der Waals surface area contributed by atoms with Gasteiger partial charge in [0.1, 0.15) is 5.65 Å². The number of aromatic nitrogens is 2. The van der Waals surface area contributed by atoms with Gasteiger partial charge in [0.05, 0.1) is 23.9 Å². The number of halogens is 1. The number of carbonyl (C=O) groups is 1. The molecule has 35 heavy (non-hydrogen) atoms. The summed E-state index contributed by atoms with van der Waals surface area (Å²) in [6.07, 6.45) is 2.97. The highest BCUT2D eigenvalue weighted by molar-refractivity contribution is 6.36. The molecule has 2 aromatic heterocycles. The van der Waals surface area contributed by atoms with Crippen LogP contribution in [-0.4, -0.2) is 47.1 Å². The predicted molar refractivity (Wildman–Crippen MR) is 142 cm³/mol. The minimum absolute atomic E-state index is 0.250. The number of benzene rings is 2. The first-order valence-electron chi connectivity index (χ1n) is 11.6. The van der Waals surface area contributed by atoms with Crippen LogP contribution in [0.2, 0.25) is 5.02 Å². The molecule has 1 aliphatic rings. The minimum Gasteiger partial charge on any atom is -0.379 e. The molecule has 178 valence electrons. The van der Waals surface area contributed by atoms with E-state index in [0.29, 0.717) is 5.02 Å². The first-order valence-corrected chi connectivity index (χ1v) is 12.0. The van der Waals surface area contributed by atoms with E-state index < -0.39 is 0 Å². The van der Waals surface area contributed by atoms with Crippen LogP contribution in [0.25, 0.3) is 33.4 Å². The molecule has 1 fully saturated rings. The normalized spacial score (nSPS) is 14.2. The first kappa shape index (κ1) is 23.3. The molecule has 0 atom stereocenters. The van der Waals surface area contributed by atoms with Crippen LogP contribution in [0, 0.1) is 6.92 Å². The number of morpholine rings is 1. The van der Waals surface area contributed by atoms with Crippen molar-refractivity contribution in [3.63, 3.8) is 0 Å². The van der Waals surface area contributed by atoms with E-state index in [0.717, 1.165) is 77.5 Å². The van der Waals surface area contributed by atoms with Gasteiger partial charge in [0.25, 0.3) is 0 Å². The molecular formula is C28H27ClN4O2. The number of nitrogens with zero attached hydrogens (tertiary/aromatic N) is 2. The molecule has 1 aliphatic heterocycles. The zero-order valence-electron chi connectivity index (χ0n) is 19.6. The summed E-state index contributed by atoms with van der Waals surface area (Å²) < 4.78 is 5.49. The van der Waals surface area contributed by atoms with Gasteiger partial charge in [-0.15, -0.1) is 0 Å². The highest BCUT2D eigenvalue weighted by Crippen LogP contribution is 2.42. The van der Waals surface area contributed by atoms with E-state index in [1.807, 2.05) is 25.1 Å². The fourth-order valence-electron chi connectivity index (χ4n) is 4.52. The Kier molecular flexibility index (Phi) is 6.68. The van der Waals surface area contributed by atoms with Gasteiger partial charge < -0.3 is 15.0 Å². The Hall–Kier alpha value is -3.45. The maximum absolute atomic E-state index is 12.0. The van der Waals surface area contributed by atoms with Crippen molar-refractivity contribution in [2.24, 2.45) is 0 Å². The summed E-state index contributed by atoms with van der Waals surface area (Å²) in [6, 6.07) is 16.4. The van der Waals surface area contributed by atoms with Crippen molar-refractivity contribution in [2.45, 2.75) is 13.5 Å². The van der Waals surface area contributed by atoms with Crippen LogP contribution >= 0.6 is 11.6 Å². The number of aryl methyl sites for hydroxylation is 1. The molecule has 1 saturated heterocycles. The van der Waals surface area contributed by atoms with Gasteiger partial charge in [0, 0.05) is 42.5 Å². The van der Waals surface area contributed by atoms with Crippen molar-refractivity contribution < 1.29 is 9.53 Å². The largest absolute Gasteiger partial charge is 0.379 e. The van der Waals surface area contributed by atoms with Crippen LogP contribution in [0.1, 0.15) is 11.1 Å². The molecular weight excluding hydrogens is 460 g/mol. The van der Waals surface area contributed by atoms with Crippen LogP contribution < -0.4 is 5.32 Å². The molecule has 4 aromatic rings. The lowest BCUT2D eigenvalue weighted by Gasteiger charge is -2.26. The van der Waals surface area contributed by atoms with E-state index in [1.165, 1.54) is 11.6 Å². The summed E-state index contributed by atoms with van der Waals surface area (Å²) in [5.41, 5.74) is 7.52. The average molecular weight is 487 g/mol. The highest BCUT2D eigenvalue weighted by atomic mass is 35.5. The second-order valence-corrected chi connectivity index (χ2v) is 9.11. The third kappa shape index (κ3) is 4.86. The second-order valence-electron chi connectivity index (χ2n) is 8.70. The standard InChI is InChI=1S/C28H27ClN4O2/c1-3-24(34)31-23-16-20(8-7-18(23)2)25-26-22(29)9-10-30-28(26)32-27(25)21-6-4-5-19(15-21)17-33-11-13-35-14-12-33/h3-10,15-16H,1,11-14,17H2,2H3,(H,30,32)(H,31,34). The molecule has 7 heteroatoms. The zero-order valence-corrected chi connectivity index (χ0v) is 20.4. The molecule has 0 unspecified atom stereocenters. The van der Waals surface area contributed by atoms with Gasteiger partial charge in [-0.2, -0.15) is 0 Å². The van der Waals surface area contributed by atoms with Gasteiger partial charge >= 0.3 is 0 Å². The Balaban J connectivity index is 1.63. The van der Waals surface area contributed by atoms with Crippen molar-refractivity contribution in [3.8, 4) is 22.4 Å². The van der Waals surface area contributed by atoms with Gasteiger partial charge in [0.2, 0.25) is 5.91 Å². The SMILES string of the molecule is C=CC(=O)Nc1cc(-c2c(-c3cccc(CN4CCOCC4)c3)[nH]c3nccc(Cl)c23)ccc1C. The number of pyridine rings is 1. The fourth-order valence-corrected chi connectivity index (χ4v) is 4.76. The van der Waals surface area contributed by atoms with E-state index in [-0.39, 0.29) is 5.91 Å². The van der Waals surface area contributed by atoms with E-state index in [4.69, 9.17) is 16.3 Å². The van der Waals surface area contributed by atoms with E-state index in [9.17, 15) is 4.79 Å². The summed E-state index contributed by atoms with van der Waals surface area (Å²) in [6.45, 7) is 9.80. The molecule has 0 aliphatic carbocycles. The smallest absolute Gasteiger partial charge is 0.247 e. The fraction of sp³-hybridized carbons (Fsp3) is 0.214. The van der Waals surface area contributed by atoms with Crippen LogP contribution in [0.4, 0.5) is 5.69 Å². The molecule has 1 amide bonds. The number of hydrogen-bond acceptors (Lipinski definition) is 4. The third-order valence-electron chi connectivity index (χ3n) is 6.34. The van der Waals surface area contributed by atoms with Crippen LogP contribution in [-0.2, 0) is 16.1 Å². The Bertz CT molecular complexity index is 1410. The maximum atomic E-state index is 12.0. The molecule has 2 N–H and O–H groups in total. The average Bonchev–Trinajstić information content (AvgIpc) is 3.27. The Labute approximate surface area is 209 Å². The monoisotopic (exact) mass is 486 g/mol. The number of nitrogens with one attached hydrogen (secondary N) is 2. The molecule has 5 rings (SSSR count). The Morgan fingerprint density at radius 3 is 2.83 bits per heavy atom. The quantitative estimate of drug-likeness (QED) is 0.337. The molecule has 0 radical (unpaired) electrons. The number of aromatic amines is 1. The number of anilines is 1. The van der Waals surface area contributed by atoms with E-state index in [2.05, 4.69) is 51.0 Å². The van der Waals surface area contributed by atoms with Gasteiger partial charge in [-0.25, -0.2) is 4.98 Å². The third-order valence-corrected chi connectivity index (χ3v) is 6.65. The molecule has 2 aromatic carbocycles. The number of rotatable bonds is 6. The van der Waals surface area contributed by atoms with Crippen LogP contribution in [0.15, 0.2) is 67.4 Å². The summed E-state index contributed by atoms with van der Waals surface area (Å²) in [5.74, 6) is -0.250. The topological polar surface area (TPSA) is 70.2 Å². The number of H-pyrrole nitrogens is 1. The lowest BCUT2D eigenvalue weighted by atomic mass is 9.96. The second kappa shape index (κ2) is 10.0. The van der Waals surface area contributed by atoms with Gasteiger partial charge in [-0.05, 0) is 53.5 Å². The molecule has 0 saturated carbocycles. The van der Waals surface area contributed by atoms with Crippen molar-refractivity contribution in [1.82, 2.24) is 14.9 Å². The van der Waals surface area contributed by atoms with Crippen LogP contribution in [0.3, 0.4) is 0 Å². The van der Waals surface area contributed by atoms with Crippen LogP contribution in [0.5, 0.6) is 0 Å². The van der Waals surface area contributed by atoms with E-state index >= 15 is 0 Å². The molecule has 0 bridgehead atoms. The van der Waals surface area contributed by atoms with Crippen molar-refractivity contribution in [3.05, 3.63) is 83.5 Å². The lowest BCUT2D eigenvalue weighted by Crippen LogP contribution is -2.35. The predicted octanol–water partition coefficient (Wildman–Crippen LogP) is 5.82. The maximum Gasteiger partial charge on any atom is 0.247 e. The summed E-state index contributed by atoms with van der Waals surface area (Å²) in [7, 11) is 0. The Morgan fingerprint density at radius 1 is 1.20 bits per heavy atom. The Morgan fingerprint density at radius 2 is 2.03 bits per heavy atom. The molecule has 3 heterocycles. The number of ether oxygens (including phenoxy) is 1. The van der Waals surface area contributed by atoms with Crippen molar-refractivity contribution in [2.75, 3.05) is 31.6 Å². The summed E-state index contributed by atoms with van der Waals surface area (Å²) in [4.78, 5) is 22.5. The van der Waals surface area contributed by atoms with Crippen molar-refractivity contribution >= 4 is 34.2 Å². The number of hydrogen-bond donors (Lipinski definition) is 2. The zero-order chi connectivity index (χ0) is 24.4. The van der Waals surface area contributed by atoms with Gasteiger partial charge in [0.15, 0.2) is 0 Å². The summed E-state index contributed by atoms with van der Waals surface area (Å²) in [5, 5.41) is 4.38. The number of carbonyl (C=O) groups excluding carboxylic acids is 1. The van der Waals surface area contributed by atoms with Gasteiger partial charge in [-0.3, -0.25) is 9.69 Å². The minimum atomic E-state index is -0.250. The van der Waals surface area contributed by atoms with Crippen molar-refractivity contribution in [1.29, 1.82) is 0 Å².